The van der Waals surface area contributed by atoms with E-state index in [1.165, 1.54) is 19.1 Å². The molecule has 26 heavy (non-hydrogen) atoms. The maximum absolute atomic E-state index is 12.3. The molecule has 0 aliphatic heterocycles. The van der Waals surface area contributed by atoms with Crippen LogP contribution in [0.2, 0.25) is 0 Å². The quantitative estimate of drug-likeness (QED) is 0.497. The number of hydrogen-bond donors (Lipinski definition) is 4. The van der Waals surface area contributed by atoms with Crippen molar-refractivity contribution >= 4 is 18.8 Å². The molecule has 0 radical (unpaired) electrons. The van der Waals surface area contributed by atoms with Crippen molar-refractivity contribution in [2.24, 2.45) is 0 Å². The highest BCUT2D eigenvalue weighted by molar-refractivity contribution is 7.45. The lowest BCUT2D eigenvalue weighted by molar-refractivity contribution is -0.211. The number of phenolic OH excluding ortho intramolecular Hbond substituents is 2. The van der Waals surface area contributed by atoms with Gasteiger partial charge in [0.1, 0.15) is 28.2 Å². The molecule has 9 nitrogen and oxygen atoms in total. The fourth-order valence-corrected chi connectivity index (χ4v) is 2.88. The third-order valence-corrected chi connectivity index (χ3v) is 4.03. The van der Waals surface area contributed by atoms with Crippen molar-refractivity contribution in [1.29, 1.82) is 0 Å². The van der Waals surface area contributed by atoms with Crippen LogP contribution >= 0.6 is 7.82 Å². The molecule has 0 fully saturated rings. The third kappa shape index (κ3) is 3.23. The van der Waals surface area contributed by atoms with Gasteiger partial charge in [0.15, 0.2) is 5.76 Å². The van der Waals surface area contributed by atoms with Gasteiger partial charge >= 0.3 is 7.82 Å². The Hall–Kier alpha value is -3.00. The molecule has 0 bridgehead atoms. The summed E-state index contributed by atoms with van der Waals surface area (Å²) in [5.74, 6) is -2.34. The number of phosphoric acid groups is 1. The standard InChI is InChI=1S/C16H13O9P/c1-7-2-3-8(4-11(7)25-26(21,22)23)16-15(20)14(19)13-10(18)5-9(17)6-12(13)24-16/h2-6,17-18,20H,1H3,(H2,21,22,23)/p-1. The van der Waals surface area contributed by atoms with Crippen molar-refractivity contribution < 1.29 is 38.6 Å². The Labute approximate surface area is 145 Å². The van der Waals surface area contributed by atoms with Crippen LogP contribution in [0.5, 0.6) is 23.0 Å². The van der Waals surface area contributed by atoms with E-state index in [9.17, 15) is 29.6 Å². The molecule has 1 aromatic heterocycles. The molecule has 2 aromatic carbocycles. The summed E-state index contributed by atoms with van der Waals surface area (Å²) in [6, 6.07) is 5.97. The van der Waals surface area contributed by atoms with Crippen LogP contribution in [0.4, 0.5) is 0 Å². The van der Waals surface area contributed by atoms with Crippen LogP contribution in [-0.2, 0) is 4.57 Å². The van der Waals surface area contributed by atoms with E-state index in [2.05, 4.69) is 4.52 Å². The Morgan fingerprint density at radius 3 is 2.50 bits per heavy atom. The molecular formula is C16H12O9P-. The van der Waals surface area contributed by atoms with Gasteiger partial charge < -0.3 is 34.0 Å². The van der Waals surface area contributed by atoms with Crippen LogP contribution in [0.3, 0.4) is 0 Å². The highest BCUT2D eigenvalue weighted by Gasteiger charge is 2.20. The van der Waals surface area contributed by atoms with Gasteiger partial charge in [-0.1, -0.05) is 12.1 Å². The van der Waals surface area contributed by atoms with E-state index in [4.69, 9.17) is 9.31 Å². The SMILES string of the molecule is Cc1ccc(-c2oc3cc(O)cc(O)c3c(=O)c2O)cc1OP(=O)([O-])O. The molecule has 10 heteroatoms. The fraction of sp³-hybridized carbons (Fsp3) is 0.0625. The fourth-order valence-electron chi connectivity index (χ4n) is 2.43. The topological polar surface area (TPSA) is 160 Å². The largest absolute Gasteiger partial charge is 0.746 e. The van der Waals surface area contributed by atoms with Crippen LogP contribution in [0.25, 0.3) is 22.3 Å². The van der Waals surface area contributed by atoms with E-state index in [0.29, 0.717) is 5.56 Å². The number of benzene rings is 2. The summed E-state index contributed by atoms with van der Waals surface area (Å²) in [4.78, 5) is 32.1. The van der Waals surface area contributed by atoms with Crippen LogP contribution in [0, 0.1) is 6.92 Å². The monoisotopic (exact) mass is 379 g/mol. The maximum Gasteiger partial charge on any atom is 0.317 e. The zero-order valence-electron chi connectivity index (χ0n) is 13.2. The second-order valence-electron chi connectivity index (χ2n) is 5.49. The normalized spacial score (nSPS) is 13.5. The van der Waals surface area contributed by atoms with Crippen molar-refractivity contribution in [2.45, 2.75) is 6.92 Å². The predicted octanol–water partition coefficient (Wildman–Crippen LogP) is 1.72. The molecule has 1 heterocycles. The van der Waals surface area contributed by atoms with E-state index in [1.54, 1.807) is 0 Å². The highest BCUT2D eigenvalue weighted by Crippen LogP contribution is 2.40. The molecule has 0 aliphatic carbocycles. The summed E-state index contributed by atoms with van der Waals surface area (Å²) < 4.78 is 20.8. The molecule has 136 valence electrons. The molecule has 3 rings (SSSR count). The average Bonchev–Trinajstić information content (AvgIpc) is 2.51. The van der Waals surface area contributed by atoms with Crippen molar-refractivity contribution in [3.63, 3.8) is 0 Å². The third-order valence-electron chi connectivity index (χ3n) is 3.60. The van der Waals surface area contributed by atoms with E-state index >= 15 is 0 Å². The lowest BCUT2D eigenvalue weighted by Gasteiger charge is -2.18. The van der Waals surface area contributed by atoms with Crippen LogP contribution in [0.1, 0.15) is 5.56 Å². The zero-order chi connectivity index (χ0) is 19.2. The Morgan fingerprint density at radius 2 is 1.85 bits per heavy atom. The number of phenols is 2. The van der Waals surface area contributed by atoms with Gasteiger partial charge in [-0.3, -0.25) is 9.36 Å². The summed E-state index contributed by atoms with van der Waals surface area (Å²) in [6.07, 6.45) is 0. The summed E-state index contributed by atoms with van der Waals surface area (Å²) in [5.41, 5.74) is -0.714. The van der Waals surface area contributed by atoms with E-state index < -0.39 is 24.8 Å². The van der Waals surface area contributed by atoms with Crippen LogP contribution in [-0.4, -0.2) is 20.2 Å². The number of hydrogen-bond acceptors (Lipinski definition) is 8. The molecular weight excluding hydrogens is 367 g/mol. The first-order valence-corrected chi connectivity index (χ1v) is 8.62. The lowest BCUT2D eigenvalue weighted by atomic mass is 10.1. The number of aryl methyl sites for hydroxylation is 1. The zero-order valence-corrected chi connectivity index (χ0v) is 14.1. The van der Waals surface area contributed by atoms with Gasteiger partial charge in [0.2, 0.25) is 11.2 Å². The maximum atomic E-state index is 12.3. The Kier molecular flexibility index (Phi) is 4.15. The second-order valence-corrected chi connectivity index (χ2v) is 6.61. The molecule has 0 saturated carbocycles. The first-order valence-electron chi connectivity index (χ1n) is 7.13. The molecule has 1 atom stereocenters. The summed E-state index contributed by atoms with van der Waals surface area (Å²) in [7, 11) is -5.07. The number of rotatable bonds is 3. The van der Waals surface area contributed by atoms with Gasteiger partial charge in [0, 0.05) is 17.7 Å². The summed E-state index contributed by atoms with van der Waals surface area (Å²) in [6.45, 7) is 1.52. The first kappa shape index (κ1) is 17.8. The number of phosphoric ester groups is 1. The highest BCUT2D eigenvalue weighted by atomic mass is 31.2. The van der Waals surface area contributed by atoms with Crippen molar-refractivity contribution in [1.82, 2.24) is 0 Å². The lowest BCUT2D eigenvalue weighted by Crippen LogP contribution is -2.06. The summed E-state index contributed by atoms with van der Waals surface area (Å²) >= 11 is 0. The second kappa shape index (κ2) is 6.06. The van der Waals surface area contributed by atoms with E-state index in [-0.39, 0.29) is 33.8 Å². The molecule has 0 saturated heterocycles. The van der Waals surface area contributed by atoms with Gasteiger partial charge in [-0.15, -0.1) is 0 Å². The smallest absolute Gasteiger partial charge is 0.317 e. The van der Waals surface area contributed by atoms with Gasteiger partial charge in [0.25, 0.3) is 0 Å². The molecule has 1 unspecified atom stereocenters. The van der Waals surface area contributed by atoms with Gasteiger partial charge in [-0.2, -0.15) is 0 Å². The summed E-state index contributed by atoms with van der Waals surface area (Å²) in [5, 5.41) is 29.1. The van der Waals surface area contributed by atoms with Crippen molar-refractivity contribution in [2.75, 3.05) is 0 Å². The predicted molar refractivity (Wildman–Crippen MR) is 88.1 cm³/mol. The van der Waals surface area contributed by atoms with Gasteiger partial charge in [-0.25, -0.2) is 0 Å². The molecule has 4 N–H and O–H groups in total. The van der Waals surface area contributed by atoms with Crippen LogP contribution < -0.4 is 14.8 Å². The number of aromatic hydroxyl groups is 3. The Bertz CT molecular complexity index is 1130. The van der Waals surface area contributed by atoms with Gasteiger partial charge in [0.05, 0.1) is 0 Å². The Balaban J connectivity index is 2.26. The average molecular weight is 379 g/mol. The van der Waals surface area contributed by atoms with Crippen LogP contribution in [0.15, 0.2) is 39.5 Å². The Morgan fingerprint density at radius 1 is 1.15 bits per heavy atom. The van der Waals surface area contributed by atoms with Crippen molar-refractivity contribution in [3.05, 3.63) is 46.1 Å². The minimum absolute atomic E-state index is 0.0679. The van der Waals surface area contributed by atoms with Gasteiger partial charge in [-0.05, 0) is 18.6 Å². The first-order chi connectivity index (χ1) is 12.1. The molecule has 0 spiro atoms. The molecule has 0 aliphatic rings. The van der Waals surface area contributed by atoms with E-state index in [0.717, 1.165) is 18.2 Å². The number of fused-ring (bicyclic) bond motifs is 1. The minimum atomic E-state index is -5.07. The van der Waals surface area contributed by atoms with Crippen molar-refractivity contribution in [3.8, 4) is 34.3 Å². The molecule has 3 aromatic rings. The molecule has 0 amide bonds. The minimum Gasteiger partial charge on any atom is -0.746 e. The van der Waals surface area contributed by atoms with E-state index in [1.807, 2.05) is 0 Å².